The molecule has 0 atom stereocenters. The van der Waals surface area contributed by atoms with E-state index in [-0.39, 0.29) is 15.6 Å². The summed E-state index contributed by atoms with van der Waals surface area (Å²) in [5.74, 6) is 0. The SMILES string of the molecule is CSC1(CNS(=O)(=O)c2ccc(CO)s2)CCCC1. The van der Waals surface area contributed by atoms with Gasteiger partial charge in [0.05, 0.1) is 6.61 Å². The number of aliphatic hydroxyl groups excluding tert-OH is 1. The fourth-order valence-corrected chi connectivity index (χ4v) is 5.75. The van der Waals surface area contributed by atoms with Gasteiger partial charge >= 0.3 is 0 Å². The predicted molar refractivity (Wildman–Crippen MR) is 80.1 cm³/mol. The highest BCUT2D eigenvalue weighted by atomic mass is 32.2. The zero-order valence-electron chi connectivity index (χ0n) is 10.9. The number of nitrogens with one attached hydrogen (secondary N) is 1. The van der Waals surface area contributed by atoms with Crippen LogP contribution in [0.25, 0.3) is 0 Å². The molecule has 0 saturated heterocycles. The first-order chi connectivity index (χ1) is 9.01. The minimum Gasteiger partial charge on any atom is -0.391 e. The Labute approximate surface area is 122 Å². The first-order valence-electron chi connectivity index (χ1n) is 6.26. The molecule has 0 unspecified atom stereocenters. The summed E-state index contributed by atoms with van der Waals surface area (Å²) in [7, 11) is -3.44. The molecule has 7 heteroatoms. The summed E-state index contributed by atoms with van der Waals surface area (Å²) in [5.41, 5.74) is 0. The van der Waals surface area contributed by atoms with E-state index in [4.69, 9.17) is 5.11 Å². The Morgan fingerprint density at radius 2 is 2.11 bits per heavy atom. The zero-order chi connectivity index (χ0) is 13.9. The molecule has 0 spiro atoms. The number of aliphatic hydroxyl groups is 1. The van der Waals surface area contributed by atoms with Crippen molar-refractivity contribution in [3.63, 3.8) is 0 Å². The molecule has 1 saturated carbocycles. The van der Waals surface area contributed by atoms with Gasteiger partial charge in [-0.2, -0.15) is 11.8 Å². The Hall–Kier alpha value is -0.0800. The summed E-state index contributed by atoms with van der Waals surface area (Å²) in [5, 5.41) is 8.99. The molecule has 1 fully saturated rings. The lowest BCUT2D eigenvalue weighted by molar-refractivity contribution is 0.285. The van der Waals surface area contributed by atoms with Gasteiger partial charge in [0.25, 0.3) is 0 Å². The lowest BCUT2D eigenvalue weighted by Crippen LogP contribution is -2.38. The van der Waals surface area contributed by atoms with E-state index in [0.717, 1.165) is 24.2 Å². The van der Waals surface area contributed by atoms with E-state index in [1.807, 2.05) is 0 Å². The molecular formula is C12H19NO3S3. The fraction of sp³-hybridized carbons (Fsp3) is 0.667. The van der Waals surface area contributed by atoms with E-state index in [1.54, 1.807) is 23.9 Å². The van der Waals surface area contributed by atoms with Crippen LogP contribution in [0.1, 0.15) is 30.6 Å². The second-order valence-corrected chi connectivity index (χ2v) is 9.23. The fourth-order valence-electron chi connectivity index (χ4n) is 2.36. The van der Waals surface area contributed by atoms with Crippen molar-refractivity contribution in [2.45, 2.75) is 41.2 Å². The summed E-state index contributed by atoms with van der Waals surface area (Å²) in [6.07, 6.45) is 6.55. The van der Waals surface area contributed by atoms with Gasteiger partial charge < -0.3 is 5.11 Å². The molecule has 4 nitrogen and oxygen atoms in total. The Balaban J connectivity index is 2.05. The van der Waals surface area contributed by atoms with E-state index in [2.05, 4.69) is 11.0 Å². The summed E-state index contributed by atoms with van der Waals surface area (Å²) in [6.45, 7) is 0.373. The van der Waals surface area contributed by atoms with E-state index in [9.17, 15) is 8.42 Å². The van der Waals surface area contributed by atoms with Crippen molar-refractivity contribution in [2.24, 2.45) is 0 Å². The second-order valence-electron chi connectivity index (χ2n) is 4.80. The van der Waals surface area contributed by atoms with Crippen LogP contribution in [0.2, 0.25) is 0 Å². The van der Waals surface area contributed by atoms with Crippen LogP contribution in [-0.4, -0.2) is 31.1 Å². The number of thioether (sulfide) groups is 1. The molecule has 0 aliphatic heterocycles. The molecule has 1 aliphatic carbocycles. The van der Waals surface area contributed by atoms with Crippen LogP contribution < -0.4 is 4.72 Å². The number of rotatable bonds is 6. The van der Waals surface area contributed by atoms with Gasteiger partial charge in [-0.3, -0.25) is 0 Å². The van der Waals surface area contributed by atoms with Crippen molar-refractivity contribution in [2.75, 3.05) is 12.8 Å². The summed E-state index contributed by atoms with van der Waals surface area (Å²) < 4.78 is 27.4. The number of hydrogen-bond acceptors (Lipinski definition) is 5. The average Bonchev–Trinajstić information content (AvgIpc) is 3.06. The zero-order valence-corrected chi connectivity index (χ0v) is 13.3. The van der Waals surface area contributed by atoms with Crippen molar-refractivity contribution in [1.29, 1.82) is 0 Å². The number of sulfonamides is 1. The normalized spacial score (nSPS) is 18.8. The maximum absolute atomic E-state index is 12.2. The minimum absolute atomic E-state index is 0.0597. The minimum atomic E-state index is -3.44. The topological polar surface area (TPSA) is 66.4 Å². The van der Waals surface area contributed by atoms with E-state index in [0.29, 0.717) is 11.4 Å². The van der Waals surface area contributed by atoms with Gasteiger partial charge in [-0.05, 0) is 31.2 Å². The highest BCUT2D eigenvalue weighted by Crippen LogP contribution is 2.39. The van der Waals surface area contributed by atoms with Crippen LogP contribution >= 0.6 is 23.1 Å². The molecule has 108 valence electrons. The molecule has 2 rings (SSSR count). The average molecular weight is 321 g/mol. The monoisotopic (exact) mass is 321 g/mol. The van der Waals surface area contributed by atoms with Gasteiger partial charge in [-0.15, -0.1) is 11.3 Å². The summed E-state index contributed by atoms with van der Waals surface area (Å²) >= 11 is 2.88. The van der Waals surface area contributed by atoms with Gasteiger partial charge in [0, 0.05) is 16.2 Å². The third kappa shape index (κ3) is 3.52. The molecule has 0 bridgehead atoms. The molecule has 2 N–H and O–H groups in total. The summed E-state index contributed by atoms with van der Waals surface area (Å²) in [4.78, 5) is 0.667. The van der Waals surface area contributed by atoms with Gasteiger partial charge in [0.15, 0.2) is 0 Å². The van der Waals surface area contributed by atoms with E-state index in [1.165, 1.54) is 12.8 Å². The highest BCUT2D eigenvalue weighted by Gasteiger charge is 2.34. The quantitative estimate of drug-likeness (QED) is 0.843. The molecule has 0 amide bonds. The predicted octanol–water partition coefficient (Wildman–Crippen LogP) is 2.19. The summed E-state index contributed by atoms with van der Waals surface area (Å²) in [6, 6.07) is 3.21. The van der Waals surface area contributed by atoms with Gasteiger partial charge in [-0.25, -0.2) is 13.1 Å². The maximum atomic E-state index is 12.2. The molecule has 19 heavy (non-hydrogen) atoms. The molecule has 1 aromatic rings. The third-order valence-corrected chi connectivity index (χ3v) is 7.97. The smallest absolute Gasteiger partial charge is 0.250 e. The Morgan fingerprint density at radius 1 is 1.42 bits per heavy atom. The molecular weight excluding hydrogens is 302 g/mol. The first-order valence-corrected chi connectivity index (χ1v) is 9.78. The Kier molecular flexibility index (Phi) is 4.94. The van der Waals surface area contributed by atoms with Crippen LogP contribution in [-0.2, 0) is 16.6 Å². The Morgan fingerprint density at radius 3 is 2.63 bits per heavy atom. The van der Waals surface area contributed by atoms with E-state index >= 15 is 0 Å². The lowest BCUT2D eigenvalue weighted by atomic mass is 10.1. The van der Waals surface area contributed by atoms with Crippen LogP contribution in [0.15, 0.2) is 16.3 Å². The van der Waals surface area contributed by atoms with Crippen LogP contribution in [0.5, 0.6) is 0 Å². The lowest BCUT2D eigenvalue weighted by Gasteiger charge is -2.26. The van der Waals surface area contributed by atoms with Gasteiger partial charge in [0.1, 0.15) is 4.21 Å². The maximum Gasteiger partial charge on any atom is 0.250 e. The van der Waals surface area contributed by atoms with Crippen LogP contribution in [0.3, 0.4) is 0 Å². The third-order valence-electron chi connectivity index (χ3n) is 3.59. The van der Waals surface area contributed by atoms with E-state index < -0.39 is 10.0 Å². The van der Waals surface area contributed by atoms with Crippen LogP contribution in [0, 0.1) is 0 Å². The number of hydrogen-bond donors (Lipinski definition) is 2. The molecule has 1 aromatic heterocycles. The van der Waals surface area contributed by atoms with Crippen molar-refractivity contribution in [1.82, 2.24) is 4.72 Å². The molecule has 0 aromatic carbocycles. The van der Waals surface area contributed by atoms with Crippen LogP contribution in [0.4, 0.5) is 0 Å². The van der Waals surface area contributed by atoms with Crippen molar-refractivity contribution in [3.05, 3.63) is 17.0 Å². The Bertz CT molecular complexity index is 518. The van der Waals surface area contributed by atoms with Crippen molar-refractivity contribution < 1.29 is 13.5 Å². The number of thiophene rings is 1. The first kappa shape index (κ1) is 15.3. The molecule has 1 heterocycles. The molecule has 0 radical (unpaired) electrons. The van der Waals surface area contributed by atoms with Gasteiger partial charge in [0.2, 0.25) is 10.0 Å². The van der Waals surface area contributed by atoms with Crippen molar-refractivity contribution in [3.8, 4) is 0 Å². The second kappa shape index (κ2) is 6.13. The molecule has 1 aliphatic rings. The van der Waals surface area contributed by atoms with Crippen molar-refractivity contribution >= 4 is 33.1 Å². The largest absolute Gasteiger partial charge is 0.391 e. The standard InChI is InChI=1S/C12H19NO3S3/c1-17-12(6-2-3-7-12)9-13-19(15,16)11-5-4-10(8-14)18-11/h4-5,13-14H,2-3,6-9H2,1H3. The van der Waals surface area contributed by atoms with Gasteiger partial charge in [-0.1, -0.05) is 12.8 Å². The highest BCUT2D eigenvalue weighted by molar-refractivity contribution is 8.00.